The highest BCUT2D eigenvalue weighted by atomic mass is 35.5. The molecular weight excluding hydrogens is 404 g/mol. The van der Waals surface area contributed by atoms with Gasteiger partial charge in [-0.05, 0) is 30.3 Å². The summed E-state index contributed by atoms with van der Waals surface area (Å²) in [5, 5.41) is 2.90. The molecule has 0 fully saturated rings. The molecule has 1 amide bonds. The molecule has 0 unspecified atom stereocenters. The van der Waals surface area contributed by atoms with Crippen LogP contribution in [0.3, 0.4) is 0 Å². The van der Waals surface area contributed by atoms with Crippen LogP contribution in [0.15, 0.2) is 64.4 Å². The molecule has 1 aromatic heterocycles. The summed E-state index contributed by atoms with van der Waals surface area (Å²) in [5.41, 5.74) is 0.756. The molecule has 0 radical (unpaired) electrons. The largest absolute Gasteiger partial charge is 0.353 e. The van der Waals surface area contributed by atoms with Crippen molar-refractivity contribution in [1.82, 2.24) is 19.6 Å². The molecule has 2 aromatic carbocycles. The topological polar surface area (TPSA) is 110 Å². The Labute approximate surface area is 166 Å². The molecular formula is C18H17ClN4O4S. The van der Waals surface area contributed by atoms with E-state index in [4.69, 9.17) is 11.6 Å². The van der Waals surface area contributed by atoms with E-state index in [9.17, 15) is 18.0 Å². The van der Waals surface area contributed by atoms with Crippen LogP contribution in [-0.2, 0) is 21.4 Å². The van der Waals surface area contributed by atoms with Gasteiger partial charge in [0.2, 0.25) is 15.9 Å². The Bertz CT molecular complexity index is 1180. The number of rotatable bonds is 7. The van der Waals surface area contributed by atoms with Gasteiger partial charge in [0.05, 0.1) is 22.1 Å². The molecule has 0 atom stereocenters. The van der Waals surface area contributed by atoms with Crippen LogP contribution in [-0.4, -0.2) is 37.0 Å². The molecule has 0 aliphatic rings. The minimum absolute atomic E-state index is 0.00736. The van der Waals surface area contributed by atoms with Gasteiger partial charge in [0, 0.05) is 18.1 Å². The Morgan fingerprint density at radius 2 is 1.89 bits per heavy atom. The van der Waals surface area contributed by atoms with Crippen molar-refractivity contribution < 1.29 is 13.2 Å². The molecule has 0 saturated carbocycles. The maximum absolute atomic E-state index is 12.2. The predicted octanol–water partition coefficient (Wildman–Crippen LogP) is 1.14. The lowest BCUT2D eigenvalue weighted by Crippen LogP contribution is -2.37. The number of sulfonamides is 1. The predicted molar refractivity (Wildman–Crippen MR) is 106 cm³/mol. The summed E-state index contributed by atoms with van der Waals surface area (Å²) in [4.78, 5) is 28.3. The fraction of sp³-hybridized carbons (Fsp3) is 0.167. The molecule has 0 saturated heterocycles. The summed E-state index contributed by atoms with van der Waals surface area (Å²) < 4.78 is 28.0. The summed E-state index contributed by atoms with van der Waals surface area (Å²) in [6.07, 6.45) is 1.16. The van der Waals surface area contributed by atoms with Crippen LogP contribution in [0.2, 0.25) is 5.02 Å². The molecule has 3 rings (SSSR count). The molecule has 3 aromatic rings. The van der Waals surface area contributed by atoms with Gasteiger partial charge in [-0.25, -0.2) is 18.1 Å². The van der Waals surface area contributed by atoms with E-state index in [1.165, 1.54) is 22.8 Å². The van der Waals surface area contributed by atoms with Crippen LogP contribution < -0.4 is 15.6 Å². The molecule has 0 aliphatic carbocycles. The number of amides is 1. The van der Waals surface area contributed by atoms with E-state index in [0.29, 0.717) is 16.1 Å². The number of aromatic nitrogens is 2. The normalized spacial score (nSPS) is 11.5. The summed E-state index contributed by atoms with van der Waals surface area (Å²) in [5.74, 6) is -0.416. The fourth-order valence-corrected chi connectivity index (χ4v) is 3.91. The molecule has 1 heterocycles. The number of hydrogen-bond donors (Lipinski definition) is 2. The second-order valence-corrected chi connectivity index (χ2v) is 8.08. The molecule has 2 N–H and O–H groups in total. The second-order valence-electron chi connectivity index (χ2n) is 5.88. The number of halogens is 1. The van der Waals surface area contributed by atoms with Gasteiger partial charge in [-0.1, -0.05) is 29.8 Å². The first-order valence-electron chi connectivity index (χ1n) is 8.33. The number of benzene rings is 2. The van der Waals surface area contributed by atoms with E-state index in [0.717, 1.165) is 6.20 Å². The van der Waals surface area contributed by atoms with Crippen molar-refractivity contribution in [1.29, 1.82) is 0 Å². The van der Waals surface area contributed by atoms with Crippen molar-refractivity contribution in [2.24, 2.45) is 0 Å². The van der Waals surface area contributed by atoms with Crippen LogP contribution in [0.25, 0.3) is 11.0 Å². The Balaban J connectivity index is 1.57. The quantitative estimate of drug-likeness (QED) is 0.557. The maximum Gasteiger partial charge on any atom is 0.269 e. The van der Waals surface area contributed by atoms with Gasteiger partial charge in [0.1, 0.15) is 6.54 Å². The van der Waals surface area contributed by atoms with Gasteiger partial charge >= 0.3 is 0 Å². The van der Waals surface area contributed by atoms with Crippen molar-refractivity contribution in [3.63, 3.8) is 0 Å². The number of hydrogen-bond acceptors (Lipinski definition) is 5. The van der Waals surface area contributed by atoms with Gasteiger partial charge < -0.3 is 5.32 Å². The average molecular weight is 421 g/mol. The van der Waals surface area contributed by atoms with Crippen LogP contribution in [0.5, 0.6) is 0 Å². The van der Waals surface area contributed by atoms with Gasteiger partial charge in [-0.3, -0.25) is 14.2 Å². The van der Waals surface area contributed by atoms with Crippen LogP contribution >= 0.6 is 11.6 Å². The zero-order valence-electron chi connectivity index (χ0n) is 14.6. The fourth-order valence-electron chi connectivity index (χ4n) is 2.58. The Morgan fingerprint density at radius 3 is 2.68 bits per heavy atom. The molecule has 0 spiro atoms. The summed E-state index contributed by atoms with van der Waals surface area (Å²) in [7, 11) is -3.72. The van der Waals surface area contributed by atoms with Crippen LogP contribution in [0.4, 0.5) is 0 Å². The highest BCUT2D eigenvalue weighted by Crippen LogP contribution is 2.14. The molecule has 0 bridgehead atoms. The first kappa shape index (κ1) is 20.0. The minimum Gasteiger partial charge on any atom is -0.353 e. The van der Waals surface area contributed by atoms with Crippen molar-refractivity contribution in [3.8, 4) is 0 Å². The number of para-hydroxylation sites is 2. The van der Waals surface area contributed by atoms with E-state index >= 15 is 0 Å². The van der Waals surface area contributed by atoms with Gasteiger partial charge in [0.15, 0.2) is 0 Å². The molecule has 10 heteroatoms. The van der Waals surface area contributed by atoms with Gasteiger partial charge in [-0.15, -0.1) is 0 Å². The van der Waals surface area contributed by atoms with Crippen molar-refractivity contribution in [2.75, 3.05) is 13.1 Å². The molecule has 0 aliphatic heterocycles. The van der Waals surface area contributed by atoms with Crippen LogP contribution in [0.1, 0.15) is 0 Å². The summed E-state index contributed by atoms with van der Waals surface area (Å²) in [6.45, 7) is -0.133. The summed E-state index contributed by atoms with van der Waals surface area (Å²) in [6, 6.07) is 12.9. The first-order chi connectivity index (χ1) is 13.4. The van der Waals surface area contributed by atoms with E-state index in [-0.39, 0.29) is 24.5 Å². The first-order valence-corrected chi connectivity index (χ1v) is 10.2. The van der Waals surface area contributed by atoms with Crippen LogP contribution in [0, 0.1) is 0 Å². The second kappa shape index (κ2) is 8.51. The number of carbonyl (C=O) groups is 1. The van der Waals surface area contributed by atoms with E-state index < -0.39 is 21.5 Å². The number of nitrogens with zero attached hydrogens (tertiary/aromatic N) is 2. The molecule has 8 nitrogen and oxygen atoms in total. The third-order valence-electron chi connectivity index (χ3n) is 3.90. The van der Waals surface area contributed by atoms with Crippen molar-refractivity contribution in [3.05, 3.63) is 70.1 Å². The standard InChI is InChI=1S/C18H17ClN4O4S/c19-13-4-3-5-14(10-13)28(26,27)22-9-8-20-17(24)12-23-16-7-2-1-6-15(16)21-11-18(23)25/h1-7,10-11,22H,8-9,12H2,(H,20,24). The van der Waals surface area contributed by atoms with E-state index in [2.05, 4.69) is 15.0 Å². The number of fused-ring (bicyclic) bond motifs is 1. The Kier molecular flexibility index (Phi) is 6.08. The SMILES string of the molecule is O=C(Cn1c(=O)cnc2ccccc21)NCCNS(=O)(=O)c1cccc(Cl)c1. The lowest BCUT2D eigenvalue weighted by Gasteiger charge is -2.11. The Morgan fingerprint density at radius 1 is 1.11 bits per heavy atom. The summed E-state index contributed by atoms with van der Waals surface area (Å²) >= 11 is 5.80. The maximum atomic E-state index is 12.2. The van der Waals surface area contributed by atoms with Gasteiger partial charge in [0.25, 0.3) is 5.56 Å². The minimum atomic E-state index is -3.72. The molecule has 28 heavy (non-hydrogen) atoms. The van der Waals surface area contributed by atoms with Crippen molar-refractivity contribution in [2.45, 2.75) is 11.4 Å². The number of nitrogens with one attached hydrogen (secondary N) is 2. The third kappa shape index (κ3) is 4.75. The van der Waals surface area contributed by atoms with E-state index in [1.807, 2.05) is 0 Å². The van der Waals surface area contributed by atoms with Crippen molar-refractivity contribution >= 4 is 38.6 Å². The average Bonchev–Trinajstić information content (AvgIpc) is 2.67. The molecule has 146 valence electrons. The monoisotopic (exact) mass is 420 g/mol. The van der Waals surface area contributed by atoms with E-state index in [1.54, 1.807) is 30.3 Å². The highest BCUT2D eigenvalue weighted by molar-refractivity contribution is 7.89. The zero-order valence-corrected chi connectivity index (χ0v) is 16.2. The Hall–Kier alpha value is -2.75. The lowest BCUT2D eigenvalue weighted by atomic mass is 10.3. The lowest BCUT2D eigenvalue weighted by molar-refractivity contribution is -0.121. The third-order valence-corrected chi connectivity index (χ3v) is 5.59. The van der Waals surface area contributed by atoms with Gasteiger partial charge in [-0.2, -0.15) is 0 Å². The number of carbonyl (C=O) groups excluding carboxylic acids is 1. The highest BCUT2D eigenvalue weighted by Gasteiger charge is 2.14. The smallest absolute Gasteiger partial charge is 0.269 e. The zero-order chi connectivity index (χ0) is 20.1.